The van der Waals surface area contributed by atoms with Crippen LogP contribution in [0.15, 0.2) is 97.1 Å². The number of hydrogen-bond acceptors (Lipinski definition) is 0. The molecule has 6 aromatic rings. The fourth-order valence-corrected chi connectivity index (χ4v) is 5.92. The van der Waals surface area contributed by atoms with Gasteiger partial charge in [-0.2, -0.15) is 12.1 Å². The van der Waals surface area contributed by atoms with Crippen LogP contribution in [0.5, 0.6) is 0 Å². The standard InChI is InChI=1S/2C20H21.C2H6Si.2ClH.Zr/c2*1-13(2)17-11-16-10-9-15(4)20(19(16)12-17)18-8-6-5-7-14(18)3;1-3-2;;;/h2*5-13H,1-4H3;1-2H3;2*1H;/q2*-1;;;;+4/p-2. The van der Waals surface area contributed by atoms with Gasteiger partial charge in [0.05, 0.1) is 0 Å². The summed E-state index contributed by atoms with van der Waals surface area (Å²) in [6.07, 6.45) is 0. The molecule has 0 heterocycles. The van der Waals surface area contributed by atoms with Crippen molar-refractivity contribution in [2.75, 3.05) is 0 Å². The molecule has 0 amide bonds. The van der Waals surface area contributed by atoms with E-state index in [9.17, 15) is 0 Å². The second kappa shape index (κ2) is 18.4. The summed E-state index contributed by atoms with van der Waals surface area (Å²) >= 11 is -0.826. The average molecular weight is 743 g/mol. The van der Waals surface area contributed by atoms with Crippen LogP contribution in [0.4, 0.5) is 0 Å². The van der Waals surface area contributed by atoms with Crippen LogP contribution in [0.3, 0.4) is 0 Å². The number of halogens is 2. The zero-order valence-electron chi connectivity index (χ0n) is 29.1. The van der Waals surface area contributed by atoms with E-state index in [1.165, 1.54) is 77.2 Å². The van der Waals surface area contributed by atoms with Crippen molar-refractivity contribution in [3.8, 4) is 22.3 Å². The van der Waals surface area contributed by atoms with Gasteiger partial charge in [0, 0.05) is 9.52 Å². The number of rotatable bonds is 4. The number of fused-ring (bicyclic) bond motifs is 2. The van der Waals surface area contributed by atoms with E-state index in [-0.39, 0.29) is 0 Å². The predicted molar refractivity (Wildman–Crippen MR) is 206 cm³/mol. The van der Waals surface area contributed by atoms with E-state index in [0.29, 0.717) is 11.8 Å². The first-order chi connectivity index (χ1) is 22.0. The minimum absolute atomic E-state index is 0.576. The topological polar surface area (TPSA) is 0 Å². The van der Waals surface area contributed by atoms with E-state index in [1.807, 2.05) is 0 Å². The van der Waals surface area contributed by atoms with E-state index in [2.05, 4.69) is 166 Å². The summed E-state index contributed by atoms with van der Waals surface area (Å²) < 4.78 is 0. The third-order valence-electron chi connectivity index (χ3n) is 8.40. The van der Waals surface area contributed by atoms with E-state index in [0.717, 1.165) is 9.52 Å². The molecule has 6 rings (SSSR count). The Bertz CT molecular complexity index is 1700. The molecule has 0 aliphatic carbocycles. The van der Waals surface area contributed by atoms with Crippen LogP contribution in [0.2, 0.25) is 13.1 Å². The molecule has 0 saturated heterocycles. The summed E-state index contributed by atoms with van der Waals surface area (Å²) in [7, 11) is 11.0. The minimum atomic E-state index is -0.826. The third kappa shape index (κ3) is 9.44. The van der Waals surface area contributed by atoms with Crippen molar-refractivity contribution in [2.45, 2.75) is 80.3 Å². The Morgan fingerprint density at radius 2 is 0.870 bits per heavy atom. The first-order valence-electron chi connectivity index (χ1n) is 16.1. The number of benzene rings is 4. The Labute approximate surface area is 299 Å². The molecule has 6 aromatic carbocycles. The summed E-state index contributed by atoms with van der Waals surface area (Å²) in [5, 5.41) is 5.50. The number of hydrogen-bond donors (Lipinski definition) is 0. The van der Waals surface area contributed by atoms with E-state index in [4.69, 9.17) is 17.0 Å². The monoisotopic (exact) mass is 740 g/mol. The molecule has 46 heavy (non-hydrogen) atoms. The second-order valence-electron chi connectivity index (χ2n) is 12.6. The molecule has 0 aliphatic rings. The SMILES string of the molecule is C[Si]C.Cc1ccccc1-c1c(C)ccc2[cH-]c(C(C)C)cc12.Cc1ccccc1-c1c(C)ccc2[cH-]c(C(C)C)cc12.[Cl][Zr+2][Cl]. The van der Waals surface area contributed by atoms with Gasteiger partial charge in [-0.05, 0) is 61.8 Å². The Morgan fingerprint density at radius 3 is 1.17 bits per heavy atom. The Hall–Kier alpha value is -2.22. The van der Waals surface area contributed by atoms with Crippen molar-refractivity contribution < 1.29 is 20.8 Å². The Balaban J connectivity index is 0.000000214. The van der Waals surface area contributed by atoms with Crippen LogP contribution in [-0.2, 0) is 20.8 Å². The molecule has 0 saturated carbocycles. The van der Waals surface area contributed by atoms with Crippen LogP contribution in [0, 0.1) is 27.7 Å². The molecule has 0 bridgehead atoms. The normalized spacial score (nSPS) is 10.6. The average Bonchev–Trinajstić information content (AvgIpc) is 3.65. The van der Waals surface area contributed by atoms with E-state index < -0.39 is 20.8 Å². The predicted octanol–water partition coefficient (Wildman–Crippen LogP) is 14.1. The van der Waals surface area contributed by atoms with Gasteiger partial charge in [-0.15, -0.1) is 69.1 Å². The van der Waals surface area contributed by atoms with Gasteiger partial charge in [0.15, 0.2) is 0 Å². The van der Waals surface area contributed by atoms with Gasteiger partial charge in [-0.3, -0.25) is 0 Å². The van der Waals surface area contributed by atoms with Gasteiger partial charge in [0.2, 0.25) is 0 Å². The van der Waals surface area contributed by atoms with Crippen LogP contribution in [0.25, 0.3) is 43.8 Å². The van der Waals surface area contributed by atoms with Crippen molar-refractivity contribution in [2.24, 2.45) is 0 Å². The van der Waals surface area contributed by atoms with E-state index in [1.54, 1.807) is 0 Å². The molecule has 0 aromatic heterocycles. The van der Waals surface area contributed by atoms with Crippen molar-refractivity contribution in [3.63, 3.8) is 0 Å². The first kappa shape index (κ1) is 38.2. The third-order valence-corrected chi connectivity index (χ3v) is 8.40. The number of aryl methyl sites for hydroxylation is 4. The maximum absolute atomic E-state index is 4.93. The Kier molecular flexibility index (Phi) is 15.3. The van der Waals surface area contributed by atoms with Gasteiger partial charge in [0.1, 0.15) is 0 Å². The Morgan fingerprint density at radius 1 is 0.543 bits per heavy atom. The fraction of sp³-hybridized carbons (Fsp3) is 0.286. The molecule has 2 radical (unpaired) electrons. The van der Waals surface area contributed by atoms with E-state index >= 15 is 0 Å². The van der Waals surface area contributed by atoms with Gasteiger partial charge < -0.3 is 0 Å². The summed E-state index contributed by atoms with van der Waals surface area (Å²) in [5.74, 6) is 1.15. The first-order valence-corrected chi connectivity index (χ1v) is 24.4. The zero-order valence-corrected chi connectivity index (χ0v) is 34.1. The molecule has 238 valence electrons. The van der Waals surface area contributed by atoms with Crippen LogP contribution >= 0.6 is 17.0 Å². The second-order valence-corrected chi connectivity index (χ2v) is 17.3. The van der Waals surface area contributed by atoms with Crippen molar-refractivity contribution in [1.82, 2.24) is 0 Å². The molecular formula is C42H48Cl2SiZr. The van der Waals surface area contributed by atoms with Crippen molar-refractivity contribution in [3.05, 3.63) is 130 Å². The van der Waals surface area contributed by atoms with Gasteiger partial charge in [0.25, 0.3) is 0 Å². The van der Waals surface area contributed by atoms with Crippen molar-refractivity contribution in [1.29, 1.82) is 0 Å². The molecule has 0 atom stereocenters. The molecule has 0 fully saturated rings. The van der Waals surface area contributed by atoms with Crippen LogP contribution in [-0.4, -0.2) is 9.52 Å². The molecule has 0 spiro atoms. The summed E-state index contributed by atoms with van der Waals surface area (Å²) in [4.78, 5) is 0. The summed E-state index contributed by atoms with van der Waals surface area (Å²) in [5.41, 5.74) is 13.8. The molecule has 0 nitrogen and oxygen atoms in total. The molecule has 0 N–H and O–H groups in total. The van der Waals surface area contributed by atoms with Crippen LogP contribution in [0.1, 0.15) is 72.9 Å². The molecule has 4 heteroatoms. The molecule has 0 aliphatic heterocycles. The summed E-state index contributed by atoms with van der Waals surface area (Å²) in [6.45, 7) is 22.2. The zero-order chi connectivity index (χ0) is 34.0. The molecule has 0 unspecified atom stereocenters. The summed E-state index contributed by atoms with van der Waals surface area (Å²) in [6, 6.07) is 35.7. The molecular weight excluding hydrogens is 695 g/mol. The van der Waals surface area contributed by atoms with Crippen LogP contribution < -0.4 is 0 Å². The van der Waals surface area contributed by atoms with Crippen molar-refractivity contribution >= 4 is 48.1 Å². The van der Waals surface area contributed by atoms with Gasteiger partial charge in [-0.1, -0.05) is 112 Å². The quantitative estimate of drug-likeness (QED) is 0.125. The fourth-order valence-electron chi connectivity index (χ4n) is 5.92. The maximum atomic E-state index is 4.93. The van der Waals surface area contributed by atoms with Gasteiger partial charge in [-0.25, -0.2) is 0 Å². The van der Waals surface area contributed by atoms with Gasteiger partial charge >= 0.3 is 37.9 Å².